The highest BCUT2D eigenvalue weighted by atomic mass is 16.5. The van der Waals surface area contributed by atoms with Gasteiger partial charge < -0.3 is 29.9 Å². The number of nitrogens with two attached hydrogens (primary N) is 1. The van der Waals surface area contributed by atoms with Crippen LogP contribution < -0.4 is 20.7 Å². The summed E-state index contributed by atoms with van der Waals surface area (Å²) in [6.45, 7) is 9.89. The third-order valence-corrected chi connectivity index (χ3v) is 5.60. The Morgan fingerprint density at radius 2 is 2.04 bits per heavy atom. The molecular formula is C20H35N4O2+. The van der Waals surface area contributed by atoms with Gasteiger partial charge in [0.2, 0.25) is 0 Å². The van der Waals surface area contributed by atoms with Crippen LogP contribution in [0.3, 0.4) is 0 Å². The Bertz CT molecular complexity index is 561. The fourth-order valence-electron chi connectivity index (χ4n) is 3.90. The summed E-state index contributed by atoms with van der Waals surface area (Å²) in [5.41, 5.74) is 7.73. The molecule has 6 nitrogen and oxygen atoms in total. The fraction of sp³-hybridized carbons (Fsp3) is 0.700. The number of rotatable bonds is 9. The van der Waals surface area contributed by atoms with Gasteiger partial charge >= 0.3 is 0 Å². The molecule has 0 aliphatic carbocycles. The van der Waals surface area contributed by atoms with Crippen molar-refractivity contribution in [3.05, 3.63) is 18.2 Å². The molecule has 1 aromatic rings. The molecule has 1 saturated heterocycles. The van der Waals surface area contributed by atoms with Crippen molar-refractivity contribution in [1.82, 2.24) is 5.32 Å². The molecule has 0 spiro atoms. The number of anilines is 2. The van der Waals surface area contributed by atoms with Crippen LogP contribution in [0.15, 0.2) is 18.2 Å². The van der Waals surface area contributed by atoms with Gasteiger partial charge in [-0.15, -0.1) is 0 Å². The van der Waals surface area contributed by atoms with E-state index in [1.807, 2.05) is 12.1 Å². The van der Waals surface area contributed by atoms with Crippen molar-refractivity contribution in [2.24, 2.45) is 0 Å². The van der Waals surface area contributed by atoms with Crippen molar-refractivity contribution in [1.29, 1.82) is 0 Å². The van der Waals surface area contributed by atoms with Crippen LogP contribution in [0.1, 0.15) is 19.3 Å². The van der Waals surface area contributed by atoms with Crippen LogP contribution in [0.4, 0.5) is 11.4 Å². The quantitative estimate of drug-likeness (QED) is 0.397. The lowest BCUT2D eigenvalue weighted by molar-refractivity contribution is -0.914. The molecule has 146 valence electrons. The van der Waals surface area contributed by atoms with Gasteiger partial charge in [-0.1, -0.05) is 0 Å². The Balaban J connectivity index is 1.26. The molecule has 2 aliphatic heterocycles. The van der Waals surface area contributed by atoms with Crippen LogP contribution >= 0.6 is 0 Å². The summed E-state index contributed by atoms with van der Waals surface area (Å²) < 4.78 is 12.7. The number of hydrogen-bond acceptors (Lipinski definition) is 5. The number of hydrogen-bond donors (Lipinski definition) is 2. The second kappa shape index (κ2) is 9.44. The maximum Gasteiger partial charge on any atom is 0.144 e. The molecule has 6 heteroatoms. The summed E-state index contributed by atoms with van der Waals surface area (Å²) in [6.07, 6.45) is 4.14. The van der Waals surface area contributed by atoms with Crippen molar-refractivity contribution in [3.63, 3.8) is 0 Å². The zero-order chi connectivity index (χ0) is 18.2. The highest BCUT2D eigenvalue weighted by Crippen LogP contribution is 2.32. The van der Waals surface area contributed by atoms with Crippen LogP contribution in [0, 0.1) is 0 Å². The highest BCUT2D eigenvalue weighted by molar-refractivity contribution is 5.65. The van der Waals surface area contributed by atoms with E-state index in [4.69, 9.17) is 15.2 Å². The Morgan fingerprint density at radius 3 is 2.88 bits per heavy atom. The zero-order valence-electron chi connectivity index (χ0n) is 16.2. The minimum Gasteiger partial charge on any atom is -0.489 e. The number of nitrogens with one attached hydrogen (secondary N) is 1. The maximum atomic E-state index is 5.84. The van der Waals surface area contributed by atoms with Gasteiger partial charge in [-0.2, -0.15) is 0 Å². The average molecular weight is 364 g/mol. The molecule has 3 N–H and O–H groups in total. The molecule has 2 heterocycles. The molecule has 0 aromatic heterocycles. The molecule has 0 amide bonds. The number of nitrogen functional groups attached to an aromatic ring is 1. The third-order valence-electron chi connectivity index (χ3n) is 5.60. The summed E-state index contributed by atoms with van der Waals surface area (Å²) in [6, 6.07) is 5.90. The smallest absolute Gasteiger partial charge is 0.144 e. The van der Waals surface area contributed by atoms with E-state index < -0.39 is 0 Å². The number of nitrogens with zero attached hydrogens (tertiary/aromatic N) is 2. The molecule has 0 unspecified atom stereocenters. The molecule has 1 fully saturated rings. The Morgan fingerprint density at radius 1 is 1.19 bits per heavy atom. The van der Waals surface area contributed by atoms with Gasteiger partial charge in [0.15, 0.2) is 0 Å². The van der Waals surface area contributed by atoms with Crippen molar-refractivity contribution < 1.29 is 14.0 Å². The number of fused-ring (bicyclic) bond motifs is 1. The topological polar surface area (TPSA) is 59.8 Å². The van der Waals surface area contributed by atoms with E-state index in [-0.39, 0.29) is 0 Å². The molecule has 2 aliphatic rings. The fourth-order valence-corrected chi connectivity index (χ4v) is 3.90. The van der Waals surface area contributed by atoms with Crippen LogP contribution in [0.5, 0.6) is 5.75 Å². The van der Waals surface area contributed by atoms with Gasteiger partial charge in [0, 0.05) is 31.4 Å². The van der Waals surface area contributed by atoms with E-state index in [9.17, 15) is 0 Å². The number of benzene rings is 1. The van der Waals surface area contributed by atoms with Crippen LogP contribution in [0.2, 0.25) is 0 Å². The number of piperidine rings is 1. The average Bonchev–Trinajstić information content (AvgIpc) is 2.64. The second-order valence-corrected chi connectivity index (χ2v) is 7.78. The van der Waals surface area contributed by atoms with E-state index in [2.05, 4.69) is 23.3 Å². The van der Waals surface area contributed by atoms with E-state index in [1.54, 1.807) is 0 Å². The van der Waals surface area contributed by atoms with E-state index >= 15 is 0 Å². The molecule has 0 saturated carbocycles. The third kappa shape index (κ3) is 5.50. The Labute approximate surface area is 157 Å². The Hall–Kier alpha value is -1.50. The summed E-state index contributed by atoms with van der Waals surface area (Å²) in [5.74, 6) is 0.897. The first-order chi connectivity index (χ1) is 12.7. The first-order valence-corrected chi connectivity index (χ1v) is 10.1. The van der Waals surface area contributed by atoms with Crippen molar-refractivity contribution in [3.8, 4) is 5.75 Å². The molecule has 3 rings (SSSR count). The standard InChI is InChI=1S/C20H35N4O2/c1-24(11-3-2-4-12-24)13-16-25-14-8-22-7-9-23-10-15-26-20-17-18(21)5-6-19(20)23/h5-6,17,22H,2-4,7-16,21H2,1H3/q+1. The van der Waals surface area contributed by atoms with Gasteiger partial charge in [0.1, 0.15) is 18.9 Å². The lowest BCUT2D eigenvalue weighted by Gasteiger charge is -2.37. The molecule has 0 radical (unpaired) electrons. The minimum atomic E-state index is 0.719. The largest absolute Gasteiger partial charge is 0.489 e. The second-order valence-electron chi connectivity index (χ2n) is 7.78. The van der Waals surface area contributed by atoms with Crippen molar-refractivity contribution in [2.75, 3.05) is 83.3 Å². The van der Waals surface area contributed by atoms with Gasteiger partial charge in [-0.3, -0.25) is 0 Å². The predicted molar refractivity (Wildman–Crippen MR) is 107 cm³/mol. The van der Waals surface area contributed by atoms with Crippen LogP contribution in [-0.4, -0.2) is 77.2 Å². The van der Waals surface area contributed by atoms with E-state index in [0.29, 0.717) is 0 Å². The van der Waals surface area contributed by atoms with E-state index in [1.165, 1.54) is 36.8 Å². The maximum absolute atomic E-state index is 5.84. The van der Waals surface area contributed by atoms with Gasteiger partial charge in [0.05, 0.1) is 45.6 Å². The zero-order valence-corrected chi connectivity index (χ0v) is 16.2. The van der Waals surface area contributed by atoms with Gasteiger partial charge in [-0.05, 0) is 31.4 Å². The Kier molecular flexibility index (Phi) is 7.00. The molecule has 0 atom stereocenters. The van der Waals surface area contributed by atoms with Gasteiger partial charge in [-0.25, -0.2) is 0 Å². The molecule has 0 bridgehead atoms. The summed E-state index contributed by atoms with van der Waals surface area (Å²) in [4.78, 5) is 2.35. The monoisotopic (exact) mass is 363 g/mol. The molecule has 1 aromatic carbocycles. The molecule has 26 heavy (non-hydrogen) atoms. The number of likely N-dealkylation sites (tertiary alicyclic amines) is 1. The number of likely N-dealkylation sites (N-methyl/N-ethyl adjacent to an activating group) is 1. The predicted octanol–water partition coefficient (Wildman–Crippen LogP) is 1.70. The van der Waals surface area contributed by atoms with Crippen molar-refractivity contribution in [2.45, 2.75) is 19.3 Å². The lowest BCUT2D eigenvalue weighted by atomic mass is 10.1. The van der Waals surface area contributed by atoms with Gasteiger partial charge in [0.25, 0.3) is 0 Å². The van der Waals surface area contributed by atoms with E-state index in [0.717, 1.165) is 69.7 Å². The van der Waals surface area contributed by atoms with Crippen LogP contribution in [-0.2, 0) is 4.74 Å². The summed E-state index contributed by atoms with van der Waals surface area (Å²) in [7, 11) is 2.37. The first-order valence-electron chi connectivity index (χ1n) is 10.1. The van der Waals surface area contributed by atoms with Crippen molar-refractivity contribution >= 4 is 11.4 Å². The molecular weight excluding hydrogens is 328 g/mol. The SMILES string of the molecule is C[N+]1(CCOCCNCCN2CCOc3cc(N)ccc32)CCCCC1. The lowest BCUT2D eigenvalue weighted by Crippen LogP contribution is -2.49. The summed E-state index contributed by atoms with van der Waals surface area (Å²) >= 11 is 0. The summed E-state index contributed by atoms with van der Waals surface area (Å²) in [5, 5.41) is 3.49. The normalized spacial score (nSPS) is 19.0. The minimum absolute atomic E-state index is 0.719. The van der Waals surface area contributed by atoms with Crippen LogP contribution in [0.25, 0.3) is 0 Å². The number of quaternary nitrogens is 1. The highest BCUT2D eigenvalue weighted by Gasteiger charge is 2.23. The number of ether oxygens (including phenoxy) is 2. The first kappa shape index (κ1) is 19.3.